The molecule has 0 saturated carbocycles. The summed E-state index contributed by atoms with van der Waals surface area (Å²) in [7, 11) is 0. The second-order valence-corrected chi connectivity index (χ2v) is 3.49. The van der Waals surface area contributed by atoms with Crippen LogP contribution in [0.5, 0.6) is 5.88 Å². The second-order valence-electron chi connectivity index (χ2n) is 2.75. The van der Waals surface area contributed by atoms with Gasteiger partial charge in [-0.3, -0.25) is 0 Å². The molecule has 0 saturated heterocycles. The van der Waals surface area contributed by atoms with Crippen LogP contribution in [0.3, 0.4) is 0 Å². The van der Waals surface area contributed by atoms with Crippen molar-refractivity contribution in [3.8, 4) is 5.88 Å². The SMILES string of the molecule is CCCCCOc1nnnc(Cl)c1Cl. The number of unbranched alkanes of at least 4 members (excludes halogenated alkanes) is 2. The Morgan fingerprint density at radius 2 is 2.00 bits per heavy atom. The zero-order chi connectivity index (χ0) is 10.4. The Bertz CT molecular complexity index is 296. The Kier molecular flexibility index (Phi) is 4.90. The smallest absolute Gasteiger partial charge is 0.257 e. The minimum Gasteiger partial charge on any atom is -0.475 e. The van der Waals surface area contributed by atoms with Crippen LogP contribution in [-0.2, 0) is 0 Å². The fourth-order valence-electron chi connectivity index (χ4n) is 0.891. The van der Waals surface area contributed by atoms with Gasteiger partial charge in [-0.15, -0.1) is 5.10 Å². The number of ether oxygens (including phenoxy) is 1. The number of halogens is 2. The van der Waals surface area contributed by atoms with Crippen molar-refractivity contribution in [2.45, 2.75) is 26.2 Å². The van der Waals surface area contributed by atoms with E-state index in [9.17, 15) is 0 Å². The van der Waals surface area contributed by atoms with Crippen LogP contribution in [0, 0.1) is 0 Å². The van der Waals surface area contributed by atoms with Gasteiger partial charge >= 0.3 is 0 Å². The van der Waals surface area contributed by atoms with E-state index in [4.69, 9.17) is 27.9 Å². The van der Waals surface area contributed by atoms with Crippen molar-refractivity contribution in [2.24, 2.45) is 0 Å². The molecule has 0 aliphatic heterocycles. The van der Waals surface area contributed by atoms with Crippen molar-refractivity contribution in [1.82, 2.24) is 15.4 Å². The fraction of sp³-hybridized carbons (Fsp3) is 0.625. The zero-order valence-corrected chi connectivity index (χ0v) is 9.35. The Balaban J connectivity index is 2.46. The molecule has 0 radical (unpaired) electrons. The van der Waals surface area contributed by atoms with Gasteiger partial charge in [0, 0.05) is 0 Å². The summed E-state index contributed by atoms with van der Waals surface area (Å²) in [6.07, 6.45) is 3.22. The Morgan fingerprint density at radius 3 is 2.71 bits per heavy atom. The summed E-state index contributed by atoms with van der Waals surface area (Å²) in [4.78, 5) is 0. The molecule has 1 aromatic rings. The van der Waals surface area contributed by atoms with E-state index in [1.165, 1.54) is 0 Å². The first-order valence-electron chi connectivity index (χ1n) is 4.43. The molecule has 0 N–H and O–H groups in total. The summed E-state index contributed by atoms with van der Waals surface area (Å²) in [5.74, 6) is 0.253. The van der Waals surface area contributed by atoms with Crippen LogP contribution in [-0.4, -0.2) is 22.0 Å². The van der Waals surface area contributed by atoms with Crippen LogP contribution in [0.15, 0.2) is 0 Å². The van der Waals surface area contributed by atoms with Crippen LogP contribution in [0.25, 0.3) is 0 Å². The van der Waals surface area contributed by atoms with Gasteiger partial charge in [0.1, 0.15) is 5.02 Å². The molecule has 78 valence electrons. The summed E-state index contributed by atoms with van der Waals surface area (Å²) >= 11 is 11.4. The van der Waals surface area contributed by atoms with Gasteiger partial charge in [-0.1, -0.05) is 48.1 Å². The fourth-order valence-corrected chi connectivity index (χ4v) is 1.14. The molecule has 0 aromatic carbocycles. The molecule has 1 heterocycles. The van der Waals surface area contributed by atoms with Gasteiger partial charge in [0.2, 0.25) is 0 Å². The van der Waals surface area contributed by atoms with E-state index >= 15 is 0 Å². The molecule has 0 amide bonds. The van der Waals surface area contributed by atoms with Crippen molar-refractivity contribution >= 4 is 23.2 Å². The molecule has 0 atom stereocenters. The van der Waals surface area contributed by atoms with E-state index in [-0.39, 0.29) is 16.1 Å². The monoisotopic (exact) mass is 235 g/mol. The van der Waals surface area contributed by atoms with Gasteiger partial charge in [-0.2, -0.15) is 0 Å². The first-order chi connectivity index (χ1) is 6.75. The lowest BCUT2D eigenvalue weighted by molar-refractivity contribution is 0.290. The highest BCUT2D eigenvalue weighted by atomic mass is 35.5. The third-order valence-corrected chi connectivity index (χ3v) is 2.33. The van der Waals surface area contributed by atoms with Gasteiger partial charge in [-0.25, -0.2) is 0 Å². The lowest BCUT2D eigenvalue weighted by atomic mass is 10.3. The molecule has 1 rings (SSSR count). The molecule has 0 fully saturated rings. The standard InChI is InChI=1S/C8H11Cl2N3O/c1-2-3-4-5-14-8-6(9)7(10)11-13-12-8/h2-5H2,1H3. The largest absolute Gasteiger partial charge is 0.475 e. The minimum atomic E-state index is 0.118. The van der Waals surface area contributed by atoms with Crippen molar-refractivity contribution in [3.05, 3.63) is 10.2 Å². The second kappa shape index (κ2) is 5.98. The van der Waals surface area contributed by atoms with Crippen molar-refractivity contribution in [2.75, 3.05) is 6.61 Å². The van der Waals surface area contributed by atoms with E-state index in [2.05, 4.69) is 22.3 Å². The minimum absolute atomic E-state index is 0.118. The van der Waals surface area contributed by atoms with E-state index in [1.54, 1.807) is 0 Å². The lowest BCUT2D eigenvalue weighted by Gasteiger charge is -2.04. The molecule has 0 bridgehead atoms. The normalized spacial score (nSPS) is 10.2. The topological polar surface area (TPSA) is 47.9 Å². The van der Waals surface area contributed by atoms with Crippen LogP contribution in [0.2, 0.25) is 10.2 Å². The summed E-state index contributed by atoms with van der Waals surface area (Å²) in [5.41, 5.74) is 0. The summed E-state index contributed by atoms with van der Waals surface area (Å²) in [6.45, 7) is 2.69. The van der Waals surface area contributed by atoms with Gasteiger partial charge in [0.05, 0.1) is 6.61 Å². The molecule has 0 aliphatic carbocycles. The molecule has 0 unspecified atom stereocenters. The molecular weight excluding hydrogens is 225 g/mol. The average Bonchev–Trinajstić information content (AvgIpc) is 2.19. The van der Waals surface area contributed by atoms with E-state index in [0.717, 1.165) is 19.3 Å². The molecule has 1 aromatic heterocycles. The maximum absolute atomic E-state index is 5.78. The number of nitrogens with zero attached hydrogens (tertiary/aromatic N) is 3. The highest BCUT2D eigenvalue weighted by Gasteiger charge is 2.08. The molecule has 14 heavy (non-hydrogen) atoms. The summed E-state index contributed by atoms with van der Waals surface area (Å²) in [6, 6.07) is 0. The van der Waals surface area contributed by atoms with Crippen LogP contribution in [0.4, 0.5) is 0 Å². The number of hydrogen-bond donors (Lipinski definition) is 0. The Morgan fingerprint density at radius 1 is 1.21 bits per heavy atom. The lowest BCUT2D eigenvalue weighted by Crippen LogP contribution is -2.02. The van der Waals surface area contributed by atoms with Gasteiger partial charge in [0.25, 0.3) is 5.88 Å². The third-order valence-electron chi connectivity index (χ3n) is 1.62. The number of hydrogen-bond acceptors (Lipinski definition) is 4. The van der Waals surface area contributed by atoms with Crippen molar-refractivity contribution < 1.29 is 4.74 Å². The maximum Gasteiger partial charge on any atom is 0.257 e. The van der Waals surface area contributed by atoms with Gasteiger partial charge in [0.15, 0.2) is 5.15 Å². The molecule has 0 spiro atoms. The first kappa shape index (κ1) is 11.5. The Hall–Kier alpha value is -0.610. The molecule has 4 nitrogen and oxygen atoms in total. The van der Waals surface area contributed by atoms with Crippen molar-refractivity contribution in [3.63, 3.8) is 0 Å². The van der Waals surface area contributed by atoms with Crippen LogP contribution in [0.1, 0.15) is 26.2 Å². The predicted octanol–water partition coefficient (Wildman–Crippen LogP) is 2.75. The van der Waals surface area contributed by atoms with Crippen molar-refractivity contribution in [1.29, 1.82) is 0 Å². The molecular formula is C8H11Cl2N3O. The predicted molar refractivity (Wildman–Crippen MR) is 54.9 cm³/mol. The summed E-state index contributed by atoms with van der Waals surface area (Å²) < 4.78 is 5.29. The average molecular weight is 236 g/mol. The Labute approximate surface area is 92.6 Å². The third kappa shape index (κ3) is 3.27. The first-order valence-corrected chi connectivity index (χ1v) is 5.18. The molecule has 6 heteroatoms. The maximum atomic E-state index is 5.78. The van der Waals surface area contributed by atoms with Crippen LogP contribution >= 0.6 is 23.2 Å². The highest BCUT2D eigenvalue weighted by Crippen LogP contribution is 2.26. The van der Waals surface area contributed by atoms with Gasteiger partial charge in [-0.05, 0) is 11.6 Å². The number of aromatic nitrogens is 3. The van der Waals surface area contributed by atoms with E-state index in [1.807, 2.05) is 0 Å². The van der Waals surface area contributed by atoms with E-state index < -0.39 is 0 Å². The summed E-state index contributed by atoms with van der Waals surface area (Å²) in [5, 5.41) is 10.9. The van der Waals surface area contributed by atoms with E-state index in [0.29, 0.717) is 6.61 Å². The highest BCUT2D eigenvalue weighted by molar-refractivity contribution is 6.41. The van der Waals surface area contributed by atoms with Crippen LogP contribution < -0.4 is 4.74 Å². The van der Waals surface area contributed by atoms with Gasteiger partial charge < -0.3 is 4.74 Å². The number of rotatable bonds is 5. The molecule has 0 aliphatic rings. The zero-order valence-electron chi connectivity index (χ0n) is 7.83. The quantitative estimate of drug-likeness (QED) is 0.737.